The summed E-state index contributed by atoms with van der Waals surface area (Å²) < 4.78 is 0. The Morgan fingerprint density at radius 2 is 2.19 bits per heavy atom. The number of nitrogens with zero attached hydrogens (tertiary/aromatic N) is 2. The van der Waals surface area contributed by atoms with Gasteiger partial charge in [0.2, 0.25) is 0 Å². The van der Waals surface area contributed by atoms with Crippen LogP contribution in [0.4, 0.5) is 0 Å². The zero-order valence-electron chi connectivity index (χ0n) is 8.47. The Kier molecular flexibility index (Phi) is 3.38. The molecule has 0 saturated heterocycles. The van der Waals surface area contributed by atoms with Crippen molar-refractivity contribution < 1.29 is 10.2 Å². The van der Waals surface area contributed by atoms with Gasteiger partial charge in [-0.2, -0.15) is 5.10 Å². The van der Waals surface area contributed by atoms with E-state index >= 15 is 0 Å². The van der Waals surface area contributed by atoms with Crippen molar-refractivity contribution in [2.75, 3.05) is 5.88 Å². The second-order valence-corrected chi connectivity index (χ2v) is 3.94. The van der Waals surface area contributed by atoms with Crippen molar-refractivity contribution in [3.8, 4) is 0 Å². The van der Waals surface area contributed by atoms with Crippen LogP contribution in [-0.4, -0.2) is 37.4 Å². The summed E-state index contributed by atoms with van der Waals surface area (Å²) >= 11 is 5.50. The molecular weight excluding hydrogens is 230 g/mol. The van der Waals surface area contributed by atoms with Gasteiger partial charge in [-0.05, 0) is 12.5 Å². The van der Waals surface area contributed by atoms with Gasteiger partial charge in [0.1, 0.15) is 11.6 Å². The molecule has 0 saturated carbocycles. The van der Waals surface area contributed by atoms with E-state index in [1.165, 1.54) is 6.20 Å². The number of fused-ring (bicyclic) bond motifs is 1. The van der Waals surface area contributed by atoms with Crippen molar-refractivity contribution in [1.82, 2.24) is 15.2 Å². The SMILES string of the molecule is OC(CCCl)C(O)c1cnc2cn[nH]c2c1. The molecule has 2 heterocycles. The lowest BCUT2D eigenvalue weighted by Gasteiger charge is -2.16. The lowest BCUT2D eigenvalue weighted by atomic mass is 10.0. The van der Waals surface area contributed by atoms with E-state index in [9.17, 15) is 10.2 Å². The molecule has 16 heavy (non-hydrogen) atoms. The zero-order valence-corrected chi connectivity index (χ0v) is 9.22. The van der Waals surface area contributed by atoms with Gasteiger partial charge < -0.3 is 10.2 Å². The molecule has 5 nitrogen and oxygen atoms in total. The summed E-state index contributed by atoms with van der Waals surface area (Å²) in [5.74, 6) is 0.304. The smallest absolute Gasteiger partial charge is 0.108 e. The predicted octanol–water partition coefficient (Wildman–Crippen LogP) is 0.981. The molecule has 2 aromatic rings. The van der Waals surface area contributed by atoms with E-state index in [1.54, 1.807) is 12.3 Å². The quantitative estimate of drug-likeness (QED) is 0.697. The summed E-state index contributed by atoms with van der Waals surface area (Å²) in [5.41, 5.74) is 2.01. The number of aromatic amines is 1. The third-order valence-electron chi connectivity index (χ3n) is 2.42. The number of nitrogens with one attached hydrogen (secondary N) is 1. The maximum absolute atomic E-state index is 9.83. The minimum absolute atomic E-state index is 0.304. The number of alkyl halides is 1. The number of aliphatic hydroxyl groups is 2. The highest BCUT2D eigenvalue weighted by Crippen LogP contribution is 2.21. The van der Waals surface area contributed by atoms with Crippen LogP contribution in [0.25, 0.3) is 11.0 Å². The van der Waals surface area contributed by atoms with Gasteiger partial charge in [-0.1, -0.05) is 0 Å². The number of aromatic nitrogens is 3. The van der Waals surface area contributed by atoms with E-state index in [2.05, 4.69) is 15.2 Å². The van der Waals surface area contributed by atoms with E-state index in [4.69, 9.17) is 11.6 Å². The Morgan fingerprint density at radius 1 is 1.38 bits per heavy atom. The maximum atomic E-state index is 9.83. The largest absolute Gasteiger partial charge is 0.390 e. The van der Waals surface area contributed by atoms with Crippen LogP contribution in [0.5, 0.6) is 0 Å². The molecule has 0 bridgehead atoms. The molecular formula is C10H12ClN3O2. The lowest BCUT2D eigenvalue weighted by molar-refractivity contribution is 0.0169. The van der Waals surface area contributed by atoms with Gasteiger partial charge in [-0.25, -0.2) is 0 Å². The van der Waals surface area contributed by atoms with Crippen LogP contribution in [0, 0.1) is 0 Å². The number of H-pyrrole nitrogens is 1. The van der Waals surface area contributed by atoms with E-state index in [1.807, 2.05) is 0 Å². The molecule has 3 N–H and O–H groups in total. The van der Waals surface area contributed by atoms with Crippen LogP contribution < -0.4 is 0 Å². The van der Waals surface area contributed by atoms with E-state index in [0.717, 1.165) is 11.0 Å². The summed E-state index contributed by atoms with van der Waals surface area (Å²) in [4.78, 5) is 4.11. The number of hydrogen-bond donors (Lipinski definition) is 3. The fourth-order valence-corrected chi connectivity index (χ4v) is 1.72. The summed E-state index contributed by atoms with van der Waals surface area (Å²) in [6, 6.07) is 1.72. The fourth-order valence-electron chi connectivity index (χ4n) is 1.50. The number of halogens is 1. The zero-order chi connectivity index (χ0) is 11.5. The van der Waals surface area contributed by atoms with Crippen LogP contribution in [0.2, 0.25) is 0 Å². The monoisotopic (exact) mass is 241 g/mol. The van der Waals surface area contributed by atoms with Crippen molar-refractivity contribution in [3.05, 3.63) is 24.0 Å². The number of rotatable bonds is 4. The molecule has 0 radical (unpaired) electrons. The van der Waals surface area contributed by atoms with Gasteiger partial charge in [-0.15, -0.1) is 11.6 Å². The minimum atomic E-state index is -0.973. The van der Waals surface area contributed by atoms with Crippen LogP contribution in [0.15, 0.2) is 18.5 Å². The van der Waals surface area contributed by atoms with Gasteiger partial charge >= 0.3 is 0 Å². The average molecular weight is 242 g/mol. The summed E-state index contributed by atoms with van der Waals surface area (Å²) in [7, 11) is 0. The normalized spacial score (nSPS) is 15.2. The first-order valence-electron chi connectivity index (χ1n) is 4.93. The first-order chi connectivity index (χ1) is 7.72. The van der Waals surface area contributed by atoms with E-state index in [-0.39, 0.29) is 0 Å². The standard InChI is InChI=1S/C10H12ClN3O2/c11-2-1-9(15)10(16)6-3-7-8(12-4-6)5-13-14-7/h3-5,9-10,15-16H,1-2H2,(H,13,14). The van der Waals surface area contributed by atoms with Gasteiger partial charge in [0.25, 0.3) is 0 Å². The number of aliphatic hydroxyl groups excluding tert-OH is 2. The molecule has 0 aliphatic heterocycles. The fraction of sp³-hybridized carbons (Fsp3) is 0.400. The number of hydrogen-bond acceptors (Lipinski definition) is 4. The molecule has 0 aliphatic carbocycles. The van der Waals surface area contributed by atoms with Gasteiger partial charge in [-0.3, -0.25) is 10.1 Å². The van der Waals surface area contributed by atoms with Crippen molar-refractivity contribution >= 4 is 22.6 Å². The molecule has 0 aromatic carbocycles. The summed E-state index contributed by atoms with van der Waals surface area (Å²) in [6.45, 7) is 0. The molecule has 2 aromatic heterocycles. The Labute approximate surface area is 97.1 Å². The molecule has 0 spiro atoms. The molecule has 0 amide bonds. The molecule has 0 aliphatic rings. The van der Waals surface area contributed by atoms with Crippen LogP contribution >= 0.6 is 11.6 Å². The maximum Gasteiger partial charge on any atom is 0.108 e. The van der Waals surface area contributed by atoms with Crippen molar-refractivity contribution in [1.29, 1.82) is 0 Å². The average Bonchev–Trinajstić information content (AvgIpc) is 2.75. The van der Waals surface area contributed by atoms with E-state index < -0.39 is 12.2 Å². The first kappa shape index (κ1) is 11.3. The van der Waals surface area contributed by atoms with Crippen LogP contribution in [-0.2, 0) is 0 Å². The Bertz CT molecular complexity index is 474. The van der Waals surface area contributed by atoms with Gasteiger partial charge in [0.15, 0.2) is 0 Å². The third-order valence-corrected chi connectivity index (χ3v) is 2.64. The molecule has 6 heteroatoms. The summed E-state index contributed by atoms with van der Waals surface area (Å²) in [6.07, 6.45) is 1.61. The van der Waals surface area contributed by atoms with Crippen molar-refractivity contribution in [2.45, 2.75) is 18.6 Å². The summed E-state index contributed by atoms with van der Waals surface area (Å²) in [5, 5.41) is 26.0. The first-order valence-corrected chi connectivity index (χ1v) is 5.47. The molecule has 2 rings (SSSR count). The molecule has 2 unspecified atom stereocenters. The van der Waals surface area contributed by atoms with Gasteiger partial charge in [0.05, 0.1) is 17.8 Å². The van der Waals surface area contributed by atoms with Crippen LogP contribution in [0.1, 0.15) is 18.1 Å². The highest BCUT2D eigenvalue weighted by Gasteiger charge is 2.18. The molecule has 0 fully saturated rings. The number of pyridine rings is 1. The van der Waals surface area contributed by atoms with Crippen LogP contribution in [0.3, 0.4) is 0 Å². The Balaban J connectivity index is 2.24. The molecule has 86 valence electrons. The highest BCUT2D eigenvalue weighted by atomic mass is 35.5. The highest BCUT2D eigenvalue weighted by molar-refractivity contribution is 6.17. The van der Waals surface area contributed by atoms with E-state index in [0.29, 0.717) is 17.9 Å². The minimum Gasteiger partial charge on any atom is -0.390 e. The Hall–Kier alpha value is -1.17. The second kappa shape index (κ2) is 4.78. The lowest BCUT2D eigenvalue weighted by Crippen LogP contribution is -2.18. The predicted molar refractivity (Wildman–Crippen MR) is 60.2 cm³/mol. The third kappa shape index (κ3) is 2.16. The second-order valence-electron chi connectivity index (χ2n) is 3.56. The topological polar surface area (TPSA) is 82.0 Å². The van der Waals surface area contributed by atoms with Crippen molar-refractivity contribution in [2.24, 2.45) is 0 Å². The van der Waals surface area contributed by atoms with Gasteiger partial charge in [0, 0.05) is 17.6 Å². The molecule has 2 atom stereocenters. The Morgan fingerprint density at radius 3 is 2.94 bits per heavy atom. The van der Waals surface area contributed by atoms with Crippen molar-refractivity contribution in [3.63, 3.8) is 0 Å².